The van der Waals surface area contributed by atoms with Crippen molar-refractivity contribution in [2.24, 2.45) is 0 Å². The van der Waals surface area contributed by atoms with Crippen LogP contribution in [-0.4, -0.2) is 21.8 Å². The molecule has 2 N–H and O–H groups in total. The number of hydrogen-bond donors (Lipinski definition) is 2. The fourth-order valence-electron chi connectivity index (χ4n) is 2.25. The van der Waals surface area contributed by atoms with Gasteiger partial charge in [-0.15, -0.1) is 0 Å². The van der Waals surface area contributed by atoms with E-state index in [-0.39, 0.29) is 38.8 Å². The highest BCUT2D eigenvalue weighted by Crippen LogP contribution is 2.39. The van der Waals surface area contributed by atoms with E-state index in [2.05, 4.69) is 0 Å². The van der Waals surface area contributed by atoms with Crippen molar-refractivity contribution >= 4 is 23.2 Å². The van der Waals surface area contributed by atoms with Crippen LogP contribution in [0.5, 0.6) is 11.5 Å². The first-order chi connectivity index (χ1) is 9.02. The summed E-state index contributed by atoms with van der Waals surface area (Å²) in [5.74, 6) is -1.67. The second-order valence-electron chi connectivity index (χ2n) is 4.17. The Morgan fingerprint density at radius 2 is 1.47 bits per heavy atom. The average molecular weight is 275 g/mol. The monoisotopic (exact) mass is 274 g/mol. The topological polar surface area (TPSA) is 74.6 Å². The fraction of sp³-hybridized carbons (Fsp3) is 0. The van der Waals surface area contributed by atoms with Gasteiger partial charge in [0.1, 0.15) is 11.5 Å². The summed E-state index contributed by atoms with van der Waals surface area (Å²) in [5, 5.41) is 19.6. The van der Waals surface area contributed by atoms with Gasteiger partial charge in [-0.1, -0.05) is 23.7 Å². The molecule has 0 aliphatic heterocycles. The summed E-state index contributed by atoms with van der Waals surface area (Å²) < 4.78 is 0. The normalized spacial score (nSPS) is 13.1. The molecular weight excluding hydrogens is 268 g/mol. The molecule has 0 radical (unpaired) electrons. The van der Waals surface area contributed by atoms with Crippen LogP contribution < -0.4 is 0 Å². The van der Waals surface area contributed by atoms with E-state index in [0.29, 0.717) is 0 Å². The maximum Gasteiger partial charge on any atom is 0.199 e. The average Bonchev–Trinajstić information content (AvgIpc) is 2.38. The predicted molar refractivity (Wildman–Crippen MR) is 68.1 cm³/mol. The Morgan fingerprint density at radius 1 is 0.789 bits per heavy atom. The molecule has 2 aromatic rings. The number of benzene rings is 2. The van der Waals surface area contributed by atoms with E-state index in [1.165, 1.54) is 30.3 Å². The van der Waals surface area contributed by atoms with E-state index in [1.807, 2.05) is 0 Å². The summed E-state index contributed by atoms with van der Waals surface area (Å²) in [6.45, 7) is 0. The third kappa shape index (κ3) is 1.47. The lowest BCUT2D eigenvalue weighted by Crippen LogP contribution is -2.21. The highest BCUT2D eigenvalue weighted by molar-refractivity contribution is 6.39. The van der Waals surface area contributed by atoms with Crippen LogP contribution in [0, 0.1) is 0 Å². The molecule has 0 bridgehead atoms. The lowest BCUT2D eigenvalue weighted by molar-refractivity contribution is 0.0974. The van der Waals surface area contributed by atoms with Gasteiger partial charge >= 0.3 is 0 Å². The predicted octanol–water partition coefficient (Wildman–Crippen LogP) is 2.53. The molecule has 0 aromatic heterocycles. The number of ketones is 2. The number of aromatic hydroxyl groups is 2. The highest BCUT2D eigenvalue weighted by Gasteiger charge is 2.35. The van der Waals surface area contributed by atoms with Crippen LogP contribution in [0.1, 0.15) is 31.8 Å². The first-order valence-electron chi connectivity index (χ1n) is 5.45. The highest BCUT2D eigenvalue weighted by atomic mass is 35.5. The molecule has 3 rings (SSSR count). The Morgan fingerprint density at radius 3 is 2.21 bits per heavy atom. The zero-order valence-corrected chi connectivity index (χ0v) is 10.2. The van der Waals surface area contributed by atoms with Crippen molar-refractivity contribution in [1.29, 1.82) is 0 Å². The maximum absolute atomic E-state index is 12.3. The Kier molecular flexibility index (Phi) is 2.37. The van der Waals surface area contributed by atoms with Crippen molar-refractivity contribution in [1.82, 2.24) is 0 Å². The number of fused-ring (bicyclic) bond motifs is 2. The third-order valence-corrected chi connectivity index (χ3v) is 3.42. The smallest absolute Gasteiger partial charge is 0.199 e. The first kappa shape index (κ1) is 11.7. The van der Waals surface area contributed by atoms with Gasteiger partial charge in [0.05, 0.1) is 21.7 Å². The Bertz CT molecular complexity index is 749. The van der Waals surface area contributed by atoms with E-state index in [4.69, 9.17) is 11.6 Å². The molecule has 1 aliphatic rings. The van der Waals surface area contributed by atoms with E-state index < -0.39 is 11.6 Å². The Balaban J connectivity index is 2.43. The summed E-state index contributed by atoms with van der Waals surface area (Å²) in [4.78, 5) is 24.6. The minimum Gasteiger partial charge on any atom is -0.507 e. The molecule has 0 saturated heterocycles. The van der Waals surface area contributed by atoms with Crippen molar-refractivity contribution < 1.29 is 19.8 Å². The first-order valence-corrected chi connectivity index (χ1v) is 5.83. The molecule has 0 spiro atoms. The van der Waals surface area contributed by atoms with Crippen LogP contribution in [0.25, 0.3) is 0 Å². The molecule has 0 fully saturated rings. The van der Waals surface area contributed by atoms with Gasteiger partial charge in [-0.25, -0.2) is 0 Å². The van der Waals surface area contributed by atoms with E-state index in [9.17, 15) is 19.8 Å². The second kappa shape index (κ2) is 3.83. The standard InChI is InChI=1S/C14H7ClO4/c15-7-4-5-9(17)12-11(7)14(19)10-6(13(12)18)2-1-3-8(10)16/h1-5,16-17H. The second-order valence-corrected chi connectivity index (χ2v) is 4.58. The zero-order chi connectivity index (χ0) is 13.7. The molecule has 0 amide bonds. The van der Waals surface area contributed by atoms with Gasteiger partial charge < -0.3 is 10.2 Å². The van der Waals surface area contributed by atoms with Crippen LogP contribution in [-0.2, 0) is 0 Å². The molecule has 0 unspecified atom stereocenters. The van der Waals surface area contributed by atoms with E-state index in [1.54, 1.807) is 0 Å². The Hall–Kier alpha value is -2.33. The molecule has 0 heterocycles. The van der Waals surface area contributed by atoms with Crippen LogP contribution in [0.15, 0.2) is 30.3 Å². The molecule has 5 heteroatoms. The molecule has 19 heavy (non-hydrogen) atoms. The van der Waals surface area contributed by atoms with Crippen LogP contribution >= 0.6 is 11.6 Å². The minimum absolute atomic E-state index is 0.0649. The summed E-state index contributed by atoms with van der Waals surface area (Å²) in [5.41, 5.74) is -0.196. The van der Waals surface area contributed by atoms with Crippen molar-refractivity contribution in [3.05, 3.63) is 57.6 Å². The summed E-state index contributed by atoms with van der Waals surface area (Å²) in [6.07, 6.45) is 0. The largest absolute Gasteiger partial charge is 0.507 e. The van der Waals surface area contributed by atoms with Crippen LogP contribution in [0.2, 0.25) is 5.02 Å². The lowest BCUT2D eigenvalue weighted by atomic mass is 9.83. The van der Waals surface area contributed by atoms with Gasteiger partial charge in [-0.3, -0.25) is 9.59 Å². The minimum atomic E-state index is -0.566. The third-order valence-electron chi connectivity index (χ3n) is 3.10. The molecule has 94 valence electrons. The van der Waals surface area contributed by atoms with Crippen molar-refractivity contribution in [2.75, 3.05) is 0 Å². The molecular formula is C14H7ClO4. The number of halogens is 1. The van der Waals surface area contributed by atoms with E-state index in [0.717, 1.165) is 0 Å². The van der Waals surface area contributed by atoms with Crippen LogP contribution in [0.4, 0.5) is 0 Å². The number of rotatable bonds is 0. The fourth-order valence-corrected chi connectivity index (χ4v) is 2.49. The van der Waals surface area contributed by atoms with Crippen LogP contribution in [0.3, 0.4) is 0 Å². The van der Waals surface area contributed by atoms with Gasteiger partial charge in [0.2, 0.25) is 0 Å². The van der Waals surface area contributed by atoms with Crippen molar-refractivity contribution in [2.45, 2.75) is 0 Å². The van der Waals surface area contributed by atoms with Crippen molar-refractivity contribution in [3.63, 3.8) is 0 Å². The summed E-state index contributed by atoms with van der Waals surface area (Å²) in [7, 11) is 0. The van der Waals surface area contributed by atoms with Gasteiger partial charge in [-0.2, -0.15) is 0 Å². The maximum atomic E-state index is 12.3. The van der Waals surface area contributed by atoms with Gasteiger partial charge in [0, 0.05) is 5.56 Å². The quantitative estimate of drug-likeness (QED) is 0.660. The molecule has 2 aromatic carbocycles. The van der Waals surface area contributed by atoms with Gasteiger partial charge in [0.25, 0.3) is 0 Å². The number of carbonyl (C=O) groups excluding carboxylic acids is 2. The summed E-state index contributed by atoms with van der Waals surface area (Å²) in [6, 6.07) is 6.82. The molecule has 4 nitrogen and oxygen atoms in total. The number of phenolic OH excluding ortho intramolecular Hbond substituents is 2. The number of carbonyl (C=O) groups is 2. The zero-order valence-electron chi connectivity index (χ0n) is 9.48. The number of hydrogen-bond acceptors (Lipinski definition) is 4. The Labute approximate surface area is 112 Å². The molecule has 1 aliphatic carbocycles. The molecule has 0 atom stereocenters. The summed E-state index contributed by atoms with van der Waals surface area (Å²) >= 11 is 5.93. The number of phenols is 2. The van der Waals surface area contributed by atoms with Crippen molar-refractivity contribution in [3.8, 4) is 11.5 Å². The SMILES string of the molecule is O=C1c2cccc(O)c2C(=O)c2c(Cl)ccc(O)c21. The molecule has 0 saturated carbocycles. The lowest BCUT2D eigenvalue weighted by Gasteiger charge is -2.19. The van der Waals surface area contributed by atoms with E-state index >= 15 is 0 Å². The van der Waals surface area contributed by atoms with Gasteiger partial charge in [0.15, 0.2) is 11.6 Å². The van der Waals surface area contributed by atoms with Gasteiger partial charge in [-0.05, 0) is 18.2 Å².